The predicted octanol–water partition coefficient (Wildman–Crippen LogP) is 6.40. The molecule has 1 heterocycles. The summed E-state index contributed by atoms with van der Waals surface area (Å²) in [5.74, 6) is -0.640. The SMILES string of the molecule is C=C(OC)/C(=C(C)/C=C\C)C(OC)c1ccc2oc3cc(C(=O)O)c(N(C=O)C(C)C)cc3c2c1. The molecule has 1 amide bonds. The summed E-state index contributed by atoms with van der Waals surface area (Å²) in [5, 5.41) is 11.3. The van der Waals surface area contributed by atoms with Crippen molar-refractivity contribution in [1.82, 2.24) is 0 Å². The van der Waals surface area contributed by atoms with Crippen LogP contribution in [-0.4, -0.2) is 37.7 Å². The van der Waals surface area contributed by atoms with E-state index in [9.17, 15) is 14.7 Å². The maximum Gasteiger partial charge on any atom is 0.337 e. The van der Waals surface area contributed by atoms with Crippen molar-refractivity contribution < 1.29 is 28.6 Å². The van der Waals surface area contributed by atoms with Crippen LogP contribution in [0, 0.1) is 0 Å². The number of hydrogen-bond acceptors (Lipinski definition) is 5. The molecule has 0 aliphatic carbocycles. The number of carbonyl (C=O) groups excluding carboxylic acids is 1. The van der Waals surface area contributed by atoms with Gasteiger partial charge in [0.25, 0.3) is 0 Å². The van der Waals surface area contributed by atoms with Crippen LogP contribution in [0.15, 0.2) is 70.4 Å². The Morgan fingerprint density at radius 3 is 2.37 bits per heavy atom. The van der Waals surface area contributed by atoms with E-state index in [0.29, 0.717) is 34.4 Å². The summed E-state index contributed by atoms with van der Waals surface area (Å²) < 4.78 is 17.3. The predicted molar refractivity (Wildman–Crippen MR) is 138 cm³/mol. The fourth-order valence-electron chi connectivity index (χ4n) is 4.28. The standard InChI is InChI=1S/C28H31NO6/c1-8-9-17(4)26(18(5)33-6)27(34-7)19-10-11-24-20(12-19)21-13-23(29(15-30)16(2)3)22(28(31)32)14-25(21)35-24/h8-16,27H,5H2,1-4,6-7H3,(H,31,32)/b9-8-,26-17-. The zero-order valence-corrected chi connectivity index (χ0v) is 20.9. The number of rotatable bonds is 10. The smallest absolute Gasteiger partial charge is 0.337 e. The van der Waals surface area contributed by atoms with Crippen molar-refractivity contribution in [2.75, 3.05) is 19.1 Å². The van der Waals surface area contributed by atoms with E-state index < -0.39 is 12.1 Å². The maximum absolute atomic E-state index is 12.0. The van der Waals surface area contributed by atoms with Gasteiger partial charge in [-0.05, 0) is 63.1 Å². The number of benzene rings is 2. The van der Waals surface area contributed by atoms with Crippen LogP contribution in [0.1, 0.15) is 49.7 Å². The molecule has 1 N–H and O–H groups in total. The minimum Gasteiger partial charge on any atom is -0.497 e. The van der Waals surface area contributed by atoms with E-state index >= 15 is 0 Å². The van der Waals surface area contributed by atoms with Crippen LogP contribution in [0.5, 0.6) is 0 Å². The molecule has 7 nitrogen and oxygen atoms in total. The average molecular weight is 478 g/mol. The first kappa shape index (κ1) is 25.8. The fourth-order valence-corrected chi connectivity index (χ4v) is 4.28. The first-order valence-corrected chi connectivity index (χ1v) is 11.2. The summed E-state index contributed by atoms with van der Waals surface area (Å²) in [6.07, 6.45) is 4.08. The molecule has 1 atom stereocenters. The van der Waals surface area contributed by atoms with Crippen molar-refractivity contribution in [3.8, 4) is 0 Å². The van der Waals surface area contributed by atoms with Crippen molar-refractivity contribution in [3.05, 3.63) is 77.1 Å². The van der Waals surface area contributed by atoms with Crippen LogP contribution in [0.25, 0.3) is 21.9 Å². The highest BCUT2D eigenvalue weighted by Crippen LogP contribution is 2.39. The summed E-state index contributed by atoms with van der Waals surface area (Å²) >= 11 is 0. The van der Waals surface area contributed by atoms with Crippen LogP contribution in [-0.2, 0) is 14.3 Å². The monoisotopic (exact) mass is 477 g/mol. The summed E-state index contributed by atoms with van der Waals surface area (Å²) in [5.41, 5.74) is 3.93. The third-order valence-corrected chi connectivity index (χ3v) is 5.98. The van der Waals surface area contributed by atoms with Crippen molar-refractivity contribution >= 4 is 40.0 Å². The van der Waals surface area contributed by atoms with E-state index in [1.807, 2.05) is 58.0 Å². The summed E-state index contributed by atoms with van der Waals surface area (Å²) in [6.45, 7) is 11.6. The van der Waals surface area contributed by atoms with Crippen LogP contribution in [0.4, 0.5) is 5.69 Å². The van der Waals surface area contributed by atoms with E-state index in [1.54, 1.807) is 20.3 Å². The molecule has 7 heteroatoms. The van der Waals surface area contributed by atoms with Gasteiger partial charge in [-0.3, -0.25) is 4.79 Å². The van der Waals surface area contributed by atoms with Gasteiger partial charge in [0.15, 0.2) is 0 Å². The third-order valence-electron chi connectivity index (χ3n) is 5.98. The number of anilines is 1. The van der Waals surface area contributed by atoms with Gasteiger partial charge in [0.2, 0.25) is 6.41 Å². The molecule has 0 saturated heterocycles. The van der Waals surface area contributed by atoms with E-state index in [0.717, 1.165) is 22.1 Å². The Balaban J connectivity index is 2.30. The van der Waals surface area contributed by atoms with Crippen molar-refractivity contribution in [2.45, 2.75) is 39.8 Å². The molecule has 0 radical (unpaired) electrons. The second kappa shape index (κ2) is 10.6. The number of carbonyl (C=O) groups is 2. The lowest BCUT2D eigenvalue weighted by Crippen LogP contribution is -2.30. The molecule has 184 valence electrons. The number of methoxy groups -OCH3 is 2. The summed E-state index contributed by atoms with van der Waals surface area (Å²) in [7, 11) is 3.19. The summed E-state index contributed by atoms with van der Waals surface area (Å²) in [4.78, 5) is 25.1. The maximum atomic E-state index is 12.0. The molecule has 1 unspecified atom stereocenters. The Hall–Kier alpha value is -3.84. The van der Waals surface area contributed by atoms with Gasteiger partial charge >= 0.3 is 5.97 Å². The zero-order valence-electron chi connectivity index (χ0n) is 20.9. The van der Waals surface area contributed by atoms with Crippen LogP contribution < -0.4 is 4.90 Å². The number of carboxylic acid groups (broad SMARTS) is 1. The molecular weight excluding hydrogens is 446 g/mol. The van der Waals surface area contributed by atoms with E-state index in [4.69, 9.17) is 13.9 Å². The molecule has 1 aromatic heterocycles. The Labute approximate surface area is 204 Å². The van der Waals surface area contributed by atoms with Crippen molar-refractivity contribution in [2.24, 2.45) is 0 Å². The van der Waals surface area contributed by atoms with Crippen LogP contribution >= 0.6 is 0 Å². The number of aromatic carboxylic acids is 1. The first-order chi connectivity index (χ1) is 16.7. The number of carboxylic acids is 1. The number of hydrogen-bond donors (Lipinski definition) is 1. The normalized spacial score (nSPS) is 13.3. The van der Waals surface area contributed by atoms with Gasteiger partial charge in [0.05, 0.1) is 18.4 Å². The average Bonchev–Trinajstić information content (AvgIpc) is 3.18. The fraction of sp³-hybridized carbons (Fsp3) is 0.286. The molecular formula is C28H31NO6. The van der Waals surface area contributed by atoms with Gasteiger partial charge in [0.1, 0.15) is 23.0 Å². The molecule has 3 aromatic rings. The van der Waals surface area contributed by atoms with Gasteiger partial charge in [-0.25, -0.2) is 4.79 Å². The molecule has 2 aromatic carbocycles. The molecule has 0 spiro atoms. The van der Waals surface area contributed by atoms with E-state index in [-0.39, 0.29) is 11.6 Å². The highest BCUT2D eigenvalue weighted by molar-refractivity contribution is 6.11. The molecule has 0 bridgehead atoms. The minimum absolute atomic E-state index is 0.00376. The van der Waals surface area contributed by atoms with Gasteiger partial charge in [-0.2, -0.15) is 0 Å². The first-order valence-electron chi connectivity index (χ1n) is 11.2. The number of ether oxygens (including phenoxy) is 2. The second-order valence-corrected chi connectivity index (χ2v) is 8.47. The second-order valence-electron chi connectivity index (χ2n) is 8.47. The molecule has 0 fully saturated rings. The lowest BCUT2D eigenvalue weighted by molar-refractivity contribution is -0.107. The highest BCUT2D eigenvalue weighted by Gasteiger charge is 2.24. The number of nitrogens with zero attached hydrogens (tertiary/aromatic N) is 1. The molecule has 3 rings (SSSR count). The van der Waals surface area contributed by atoms with Gasteiger partial charge < -0.3 is 23.9 Å². The number of amides is 1. The molecule has 0 aliphatic rings. The lowest BCUT2D eigenvalue weighted by atomic mass is 9.94. The van der Waals surface area contributed by atoms with Crippen molar-refractivity contribution in [3.63, 3.8) is 0 Å². The summed E-state index contributed by atoms with van der Waals surface area (Å²) in [6, 6.07) is 8.61. The van der Waals surface area contributed by atoms with E-state index in [2.05, 4.69) is 6.58 Å². The topological polar surface area (TPSA) is 89.2 Å². The molecule has 0 aliphatic heterocycles. The van der Waals surface area contributed by atoms with E-state index in [1.165, 1.54) is 11.0 Å². The van der Waals surface area contributed by atoms with Crippen LogP contribution in [0.2, 0.25) is 0 Å². The Kier molecular flexibility index (Phi) is 7.82. The number of furan rings is 1. The van der Waals surface area contributed by atoms with Gasteiger partial charge in [-0.1, -0.05) is 24.8 Å². The van der Waals surface area contributed by atoms with Crippen LogP contribution in [0.3, 0.4) is 0 Å². The quantitative estimate of drug-likeness (QED) is 0.207. The number of fused-ring (bicyclic) bond motifs is 3. The lowest BCUT2D eigenvalue weighted by Gasteiger charge is -2.23. The minimum atomic E-state index is -1.14. The van der Waals surface area contributed by atoms with Gasteiger partial charge in [0, 0.05) is 29.5 Å². The third kappa shape index (κ3) is 4.86. The molecule has 35 heavy (non-hydrogen) atoms. The highest BCUT2D eigenvalue weighted by atomic mass is 16.5. The Morgan fingerprint density at radius 1 is 1.14 bits per heavy atom. The Morgan fingerprint density at radius 2 is 1.83 bits per heavy atom. The zero-order chi connectivity index (χ0) is 25.9. The number of allylic oxidation sites excluding steroid dienone is 3. The Bertz CT molecular complexity index is 1340. The van der Waals surface area contributed by atoms with Gasteiger partial charge in [-0.15, -0.1) is 0 Å². The largest absolute Gasteiger partial charge is 0.497 e. The van der Waals surface area contributed by atoms with Crippen molar-refractivity contribution in [1.29, 1.82) is 0 Å². The molecule has 0 saturated carbocycles.